The van der Waals surface area contributed by atoms with Crippen molar-refractivity contribution in [1.82, 2.24) is 9.97 Å². The Morgan fingerprint density at radius 2 is 1.95 bits per heavy atom. The minimum absolute atomic E-state index is 0.0799. The number of carbonyl (C=O) groups excluding carboxylic acids is 1. The highest BCUT2D eigenvalue weighted by atomic mass is 16.5. The summed E-state index contributed by atoms with van der Waals surface area (Å²) in [6, 6.07) is 12.7. The van der Waals surface area contributed by atoms with Gasteiger partial charge in [0.25, 0.3) is 5.56 Å². The number of rotatable bonds is 6. The van der Waals surface area contributed by atoms with E-state index in [1.54, 1.807) is 18.2 Å². The maximum absolute atomic E-state index is 13.3. The van der Waals surface area contributed by atoms with Crippen molar-refractivity contribution in [2.75, 3.05) is 38.1 Å². The molecule has 2 aliphatic heterocycles. The van der Waals surface area contributed by atoms with E-state index in [0.29, 0.717) is 48.3 Å². The zero-order valence-corrected chi connectivity index (χ0v) is 20.3. The number of carbonyl (C=O) groups is 1. The van der Waals surface area contributed by atoms with Crippen molar-refractivity contribution in [3.63, 3.8) is 0 Å². The van der Waals surface area contributed by atoms with Gasteiger partial charge in [-0.05, 0) is 23.8 Å². The lowest BCUT2D eigenvalue weighted by atomic mass is 9.78. The quantitative estimate of drug-likeness (QED) is 0.462. The Kier molecular flexibility index (Phi) is 6.55. The molecule has 0 radical (unpaired) electrons. The Morgan fingerprint density at radius 3 is 2.70 bits per heavy atom. The Bertz CT molecular complexity index is 1450. The molecular formula is C26H25N5O6. The van der Waals surface area contributed by atoms with Gasteiger partial charge in [0.2, 0.25) is 11.9 Å². The Hall–Kier alpha value is -4.72. The second-order valence-corrected chi connectivity index (χ2v) is 8.52. The van der Waals surface area contributed by atoms with Crippen LogP contribution in [0.25, 0.3) is 0 Å². The lowest BCUT2D eigenvalue weighted by molar-refractivity contribution is -0.119. The molecule has 1 aromatic heterocycles. The van der Waals surface area contributed by atoms with E-state index in [1.165, 1.54) is 14.2 Å². The molecule has 190 valence electrons. The molecule has 0 spiro atoms. The van der Waals surface area contributed by atoms with E-state index in [2.05, 4.69) is 20.6 Å². The van der Waals surface area contributed by atoms with E-state index in [-0.39, 0.29) is 17.3 Å². The van der Waals surface area contributed by atoms with Crippen molar-refractivity contribution in [3.8, 4) is 29.1 Å². The molecule has 0 bridgehead atoms. The molecule has 3 heterocycles. The van der Waals surface area contributed by atoms with Crippen LogP contribution in [0, 0.1) is 17.2 Å². The molecule has 0 fully saturated rings. The zero-order valence-electron chi connectivity index (χ0n) is 20.3. The van der Waals surface area contributed by atoms with Crippen LogP contribution in [0.1, 0.15) is 29.0 Å². The van der Waals surface area contributed by atoms with Gasteiger partial charge in [0.05, 0.1) is 39.1 Å². The number of methoxy groups -OCH3 is 2. The van der Waals surface area contributed by atoms with Crippen LogP contribution in [0.3, 0.4) is 0 Å². The van der Waals surface area contributed by atoms with Crippen LogP contribution >= 0.6 is 0 Å². The standard InChI is InChI=1S/C26H25N5O6/c1-34-18-6-3-5-15(22(18)35-2)20-16(12-27)24(32)29-23-21(20)25(33)31-26(30-23)28-13-14-7-8-17-19(11-14)37-10-4-9-36-17/h3,5-8,11,16,20H,4,9-10,13H2,1-2H3,(H3,28,29,30,31,32,33). The highest BCUT2D eigenvalue weighted by Crippen LogP contribution is 2.44. The fourth-order valence-corrected chi connectivity index (χ4v) is 4.59. The van der Waals surface area contributed by atoms with Crippen LogP contribution in [0.5, 0.6) is 23.0 Å². The van der Waals surface area contributed by atoms with Crippen LogP contribution in [0.2, 0.25) is 0 Å². The number of ether oxygens (including phenoxy) is 4. The van der Waals surface area contributed by atoms with Crippen LogP contribution in [0.15, 0.2) is 41.2 Å². The lowest BCUT2D eigenvalue weighted by Crippen LogP contribution is -2.38. The maximum atomic E-state index is 13.3. The lowest BCUT2D eigenvalue weighted by Gasteiger charge is -2.29. The number of nitrogens with one attached hydrogen (secondary N) is 3. The Morgan fingerprint density at radius 1 is 1.14 bits per heavy atom. The van der Waals surface area contributed by atoms with Crippen molar-refractivity contribution >= 4 is 17.7 Å². The van der Waals surface area contributed by atoms with E-state index in [9.17, 15) is 14.9 Å². The number of anilines is 2. The molecule has 37 heavy (non-hydrogen) atoms. The van der Waals surface area contributed by atoms with Crippen LogP contribution in [-0.4, -0.2) is 43.3 Å². The largest absolute Gasteiger partial charge is 0.493 e. The van der Waals surface area contributed by atoms with E-state index < -0.39 is 23.3 Å². The molecule has 1 amide bonds. The highest BCUT2D eigenvalue weighted by molar-refractivity contribution is 5.98. The first-order valence-electron chi connectivity index (χ1n) is 11.7. The molecule has 3 aromatic rings. The normalized spacial score (nSPS) is 18.0. The number of para-hydroxylation sites is 1. The third kappa shape index (κ3) is 4.49. The van der Waals surface area contributed by atoms with Crippen LogP contribution in [-0.2, 0) is 11.3 Å². The highest BCUT2D eigenvalue weighted by Gasteiger charge is 2.42. The summed E-state index contributed by atoms with van der Waals surface area (Å²) >= 11 is 0. The molecule has 0 saturated heterocycles. The number of nitrogens with zero attached hydrogens (tertiary/aromatic N) is 2. The van der Waals surface area contributed by atoms with Gasteiger partial charge in [-0.1, -0.05) is 18.2 Å². The smallest absolute Gasteiger partial charge is 0.258 e. The number of nitriles is 1. The third-order valence-electron chi connectivity index (χ3n) is 6.30. The summed E-state index contributed by atoms with van der Waals surface area (Å²) in [7, 11) is 2.95. The molecule has 2 aromatic carbocycles. The van der Waals surface area contributed by atoms with Crippen LogP contribution in [0.4, 0.5) is 11.8 Å². The van der Waals surface area contributed by atoms with Crippen molar-refractivity contribution in [2.45, 2.75) is 18.9 Å². The topological polar surface area (TPSA) is 148 Å². The molecule has 5 rings (SSSR count). The zero-order chi connectivity index (χ0) is 25.9. The Labute approximate surface area is 212 Å². The van der Waals surface area contributed by atoms with Gasteiger partial charge in [0.1, 0.15) is 11.7 Å². The van der Waals surface area contributed by atoms with Gasteiger partial charge in [-0.2, -0.15) is 10.2 Å². The molecule has 0 saturated carbocycles. The number of amides is 1. The average Bonchev–Trinajstić information content (AvgIpc) is 3.15. The number of aromatic amines is 1. The first kappa shape index (κ1) is 24.0. The van der Waals surface area contributed by atoms with Gasteiger partial charge in [0.15, 0.2) is 23.0 Å². The summed E-state index contributed by atoms with van der Waals surface area (Å²) in [5.41, 5.74) is 1.04. The van der Waals surface area contributed by atoms with Crippen molar-refractivity contribution < 1.29 is 23.7 Å². The molecule has 0 aliphatic carbocycles. The van der Waals surface area contributed by atoms with Crippen molar-refractivity contribution in [3.05, 3.63) is 63.4 Å². The second-order valence-electron chi connectivity index (χ2n) is 8.52. The predicted octanol–water partition coefficient (Wildman–Crippen LogP) is 2.78. The van der Waals surface area contributed by atoms with Gasteiger partial charge in [0, 0.05) is 24.4 Å². The number of hydrogen-bond acceptors (Lipinski definition) is 9. The van der Waals surface area contributed by atoms with E-state index in [1.807, 2.05) is 24.3 Å². The van der Waals surface area contributed by atoms with Gasteiger partial charge in [-0.15, -0.1) is 0 Å². The summed E-state index contributed by atoms with van der Waals surface area (Å²) in [5.74, 6) is -0.281. The minimum Gasteiger partial charge on any atom is -0.493 e. The maximum Gasteiger partial charge on any atom is 0.258 e. The monoisotopic (exact) mass is 503 g/mol. The molecule has 2 atom stereocenters. The van der Waals surface area contributed by atoms with Gasteiger partial charge in [-0.25, -0.2) is 0 Å². The molecular weight excluding hydrogens is 478 g/mol. The van der Waals surface area contributed by atoms with E-state index in [0.717, 1.165) is 12.0 Å². The number of hydrogen-bond donors (Lipinski definition) is 3. The number of aromatic nitrogens is 2. The summed E-state index contributed by atoms with van der Waals surface area (Å²) in [6.45, 7) is 1.51. The second kappa shape index (κ2) is 10.1. The first-order valence-corrected chi connectivity index (χ1v) is 11.7. The number of H-pyrrole nitrogens is 1. The van der Waals surface area contributed by atoms with E-state index >= 15 is 0 Å². The number of fused-ring (bicyclic) bond motifs is 2. The Balaban J connectivity index is 1.48. The summed E-state index contributed by atoms with van der Waals surface area (Å²) < 4.78 is 22.3. The van der Waals surface area contributed by atoms with Crippen LogP contribution < -0.4 is 35.1 Å². The summed E-state index contributed by atoms with van der Waals surface area (Å²) in [5, 5.41) is 15.5. The SMILES string of the molecule is COc1cccc(C2c3c(nc(NCc4ccc5c(c4)OCCCO5)[nH]c3=O)NC(=O)C2C#N)c1OC. The van der Waals surface area contributed by atoms with Crippen molar-refractivity contribution in [2.24, 2.45) is 5.92 Å². The number of benzene rings is 2. The fraction of sp³-hybridized carbons (Fsp3) is 0.308. The molecule has 2 aliphatic rings. The summed E-state index contributed by atoms with van der Waals surface area (Å²) in [6.07, 6.45) is 0.809. The fourth-order valence-electron chi connectivity index (χ4n) is 4.59. The van der Waals surface area contributed by atoms with Gasteiger partial charge < -0.3 is 29.6 Å². The van der Waals surface area contributed by atoms with Crippen molar-refractivity contribution in [1.29, 1.82) is 5.26 Å². The predicted molar refractivity (Wildman–Crippen MR) is 133 cm³/mol. The molecule has 3 N–H and O–H groups in total. The minimum atomic E-state index is -1.17. The van der Waals surface area contributed by atoms with Gasteiger partial charge in [-0.3, -0.25) is 14.6 Å². The van der Waals surface area contributed by atoms with Gasteiger partial charge >= 0.3 is 0 Å². The first-order chi connectivity index (χ1) is 18.0. The van der Waals surface area contributed by atoms with E-state index in [4.69, 9.17) is 18.9 Å². The summed E-state index contributed by atoms with van der Waals surface area (Å²) in [4.78, 5) is 33.4. The third-order valence-corrected chi connectivity index (χ3v) is 6.30. The average molecular weight is 504 g/mol. The molecule has 11 heteroatoms. The molecule has 11 nitrogen and oxygen atoms in total. The molecule has 2 unspecified atom stereocenters.